The molecule has 0 spiro atoms. The lowest BCUT2D eigenvalue weighted by Crippen LogP contribution is -2.54. The lowest BCUT2D eigenvalue weighted by atomic mass is 10.1. The minimum atomic E-state index is -3.98. The molecule has 0 aliphatic heterocycles. The molecule has 0 heterocycles. The predicted octanol–water partition coefficient (Wildman–Crippen LogP) is 2.64. The van der Waals surface area contributed by atoms with E-state index in [1.807, 2.05) is 26.8 Å². The molecule has 2 aromatic rings. The first kappa shape index (κ1) is 28.1. The fourth-order valence-electron chi connectivity index (χ4n) is 3.34. The number of methoxy groups -OCH3 is 1. The Morgan fingerprint density at radius 1 is 1.03 bits per heavy atom. The van der Waals surface area contributed by atoms with E-state index in [0.29, 0.717) is 11.4 Å². The van der Waals surface area contributed by atoms with Gasteiger partial charge in [0, 0.05) is 26.2 Å². The second-order valence-electron chi connectivity index (χ2n) is 9.42. The molecule has 0 bridgehead atoms. The Kier molecular flexibility index (Phi) is 9.28. The Morgan fingerprint density at radius 2 is 1.66 bits per heavy atom. The van der Waals surface area contributed by atoms with Crippen LogP contribution in [0.25, 0.3) is 0 Å². The standard InChI is InChI=1S/C25H36N4O5S/c1-19(24(31)26-25(2,3)4)28(17-20-12-11-15-22(16-20)34-7)23(30)18-29(35(32,33)27(5)6)21-13-9-8-10-14-21/h8-16,19H,17-18H2,1-7H3,(H,26,31)/t19-/m1/s1. The molecule has 9 nitrogen and oxygen atoms in total. The van der Waals surface area contributed by atoms with Gasteiger partial charge in [0.15, 0.2) is 0 Å². The average Bonchev–Trinajstić information content (AvgIpc) is 2.79. The van der Waals surface area contributed by atoms with Crippen LogP contribution in [-0.4, -0.2) is 68.8 Å². The minimum absolute atomic E-state index is 0.0966. The number of carbonyl (C=O) groups excluding carboxylic acids is 2. The Bertz CT molecular complexity index is 1110. The number of amides is 2. The van der Waals surface area contributed by atoms with Crippen molar-refractivity contribution in [3.8, 4) is 5.75 Å². The summed E-state index contributed by atoms with van der Waals surface area (Å²) >= 11 is 0. The Labute approximate surface area is 208 Å². The van der Waals surface area contributed by atoms with Gasteiger partial charge in [0.2, 0.25) is 11.8 Å². The monoisotopic (exact) mass is 504 g/mol. The van der Waals surface area contributed by atoms with Gasteiger partial charge >= 0.3 is 10.2 Å². The molecule has 1 N–H and O–H groups in total. The summed E-state index contributed by atoms with van der Waals surface area (Å²) in [5, 5.41) is 2.90. The van der Waals surface area contributed by atoms with Crippen LogP contribution in [0.4, 0.5) is 5.69 Å². The molecule has 0 radical (unpaired) electrons. The van der Waals surface area contributed by atoms with E-state index in [9.17, 15) is 18.0 Å². The molecule has 10 heteroatoms. The summed E-state index contributed by atoms with van der Waals surface area (Å²) in [5.41, 5.74) is 0.595. The summed E-state index contributed by atoms with van der Waals surface area (Å²) in [7, 11) is 0.378. The second-order valence-corrected chi connectivity index (χ2v) is 11.5. The molecule has 0 fully saturated rings. The van der Waals surface area contributed by atoms with Crippen molar-refractivity contribution in [2.75, 3.05) is 32.1 Å². The quantitative estimate of drug-likeness (QED) is 0.536. The van der Waals surface area contributed by atoms with Gasteiger partial charge in [0.1, 0.15) is 18.3 Å². The molecule has 0 unspecified atom stereocenters. The first-order chi connectivity index (χ1) is 16.3. The number of nitrogens with zero attached hydrogens (tertiary/aromatic N) is 3. The molecule has 2 aromatic carbocycles. The number of hydrogen-bond acceptors (Lipinski definition) is 5. The average molecular weight is 505 g/mol. The first-order valence-electron chi connectivity index (χ1n) is 11.3. The highest BCUT2D eigenvalue weighted by molar-refractivity contribution is 7.90. The van der Waals surface area contributed by atoms with Crippen molar-refractivity contribution in [3.63, 3.8) is 0 Å². The highest BCUT2D eigenvalue weighted by Crippen LogP contribution is 2.21. The first-order valence-corrected chi connectivity index (χ1v) is 12.7. The van der Waals surface area contributed by atoms with E-state index in [0.717, 1.165) is 14.2 Å². The maximum Gasteiger partial charge on any atom is 0.304 e. The minimum Gasteiger partial charge on any atom is -0.497 e. The van der Waals surface area contributed by atoms with Crippen LogP contribution in [0.3, 0.4) is 0 Å². The molecule has 35 heavy (non-hydrogen) atoms. The maximum absolute atomic E-state index is 13.7. The van der Waals surface area contributed by atoms with Gasteiger partial charge < -0.3 is 15.0 Å². The zero-order chi connectivity index (χ0) is 26.4. The van der Waals surface area contributed by atoms with Gasteiger partial charge in [-0.25, -0.2) is 4.31 Å². The zero-order valence-electron chi connectivity index (χ0n) is 21.5. The lowest BCUT2D eigenvalue weighted by Gasteiger charge is -2.34. The van der Waals surface area contributed by atoms with E-state index in [4.69, 9.17) is 4.74 Å². The van der Waals surface area contributed by atoms with E-state index < -0.39 is 34.2 Å². The van der Waals surface area contributed by atoms with Crippen molar-refractivity contribution in [1.82, 2.24) is 14.5 Å². The molecule has 0 aromatic heterocycles. The topological polar surface area (TPSA) is 99.3 Å². The van der Waals surface area contributed by atoms with E-state index in [1.54, 1.807) is 62.6 Å². The van der Waals surface area contributed by atoms with Gasteiger partial charge in [-0.05, 0) is 57.5 Å². The molecule has 0 aliphatic rings. The molecular weight excluding hydrogens is 468 g/mol. The summed E-state index contributed by atoms with van der Waals surface area (Å²) < 4.78 is 33.6. The van der Waals surface area contributed by atoms with Gasteiger partial charge in [-0.1, -0.05) is 30.3 Å². The van der Waals surface area contributed by atoms with Crippen LogP contribution in [0.1, 0.15) is 33.3 Å². The maximum atomic E-state index is 13.7. The number of ether oxygens (including phenoxy) is 1. The number of para-hydroxylation sites is 1. The third-order valence-electron chi connectivity index (χ3n) is 5.22. The SMILES string of the molecule is COc1cccc(CN(C(=O)CN(c2ccccc2)S(=O)(=O)N(C)C)[C@H](C)C(=O)NC(C)(C)C)c1. The summed E-state index contributed by atoms with van der Waals surface area (Å²) in [6.07, 6.45) is 0. The second kappa shape index (κ2) is 11.5. The summed E-state index contributed by atoms with van der Waals surface area (Å²) in [5.74, 6) is -0.239. The molecule has 2 amide bonds. The van der Waals surface area contributed by atoms with Crippen LogP contribution >= 0.6 is 0 Å². The zero-order valence-corrected chi connectivity index (χ0v) is 22.3. The van der Waals surface area contributed by atoms with E-state index in [2.05, 4.69) is 5.32 Å². The Morgan fingerprint density at radius 3 is 2.20 bits per heavy atom. The number of hydrogen-bond donors (Lipinski definition) is 1. The van der Waals surface area contributed by atoms with Gasteiger partial charge in [0.05, 0.1) is 12.8 Å². The third kappa shape index (κ3) is 7.69. The van der Waals surface area contributed by atoms with Gasteiger partial charge in [-0.2, -0.15) is 12.7 Å². The van der Waals surface area contributed by atoms with Crippen molar-refractivity contribution in [2.24, 2.45) is 0 Å². The van der Waals surface area contributed by atoms with Crippen LogP contribution < -0.4 is 14.4 Å². The van der Waals surface area contributed by atoms with E-state index in [-0.39, 0.29) is 12.5 Å². The molecule has 192 valence electrons. The molecule has 2 rings (SSSR count). The highest BCUT2D eigenvalue weighted by Gasteiger charge is 2.33. The summed E-state index contributed by atoms with van der Waals surface area (Å²) in [6.45, 7) is 6.82. The highest BCUT2D eigenvalue weighted by atomic mass is 32.2. The smallest absolute Gasteiger partial charge is 0.304 e. The number of carbonyl (C=O) groups is 2. The largest absolute Gasteiger partial charge is 0.497 e. The molecule has 0 aliphatic carbocycles. The van der Waals surface area contributed by atoms with Gasteiger partial charge in [0.25, 0.3) is 0 Å². The van der Waals surface area contributed by atoms with Gasteiger partial charge in [-0.15, -0.1) is 0 Å². The fourth-order valence-corrected chi connectivity index (χ4v) is 4.39. The van der Waals surface area contributed by atoms with E-state index in [1.165, 1.54) is 19.0 Å². The summed E-state index contributed by atoms with van der Waals surface area (Å²) in [6, 6.07) is 14.7. The molecular formula is C25H36N4O5S. The summed E-state index contributed by atoms with van der Waals surface area (Å²) in [4.78, 5) is 28.1. The van der Waals surface area contributed by atoms with Crippen LogP contribution in [-0.2, 0) is 26.3 Å². The number of benzene rings is 2. The van der Waals surface area contributed by atoms with Crippen molar-refractivity contribution in [3.05, 3.63) is 60.2 Å². The van der Waals surface area contributed by atoms with Crippen LogP contribution in [0.5, 0.6) is 5.75 Å². The predicted molar refractivity (Wildman–Crippen MR) is 137 cm³/mol. The van der Waals surface area contributed by atoms with Crippen LogP contribution in [0.2, 0.25) is 0 Å². The fraction of sp³-hybridized carbons (Fsp3) is 0.440. The van der Waals surface area contributed by atoms with Crippen LogP contribution in [0, 0.1) is 0 Å². The van der Waals surface area contributed by atoms with Crippen molar-refractivity contribution < 1.29 is 22.7 Å². The Hall–Kier alpha value is -3.11. The third-order valence-corrected chi connectivity index (χ3v) is 7.04. The van der Waals surface area contributed by atoms with Crippen molar-refractivity contribution >= 4 is 27.7 Å². The number of anilines is 1. The van der Waals surface area contributed by atoms with Crippen LogP contribution in [0.15, 0.2) is 54.6 Å². The van der Waals surface area contributed by atoms with Crippen molar-refractivity contribution in [1.29, 1.82) is 0 Å². The number of rotatable bonds is 10. The van der Waals surface area contributed by atoms with Crippen molar-refractivity contribution in [2.45, 2.75) is 45.8 Å². The molecule has 0 saturated carbocycles. The van der Waals surface area contributed by atoms with Gasteiger partial charge in [-0.3, -0.25) is 9.59 Å². The normalized spacial score (nSPS) is 12.7. The molecule has 1 atom stereocenters. The lowest BCUT2D eigenvalue weighted by molar-refractivity contribution is -0.140. The molecule has 0 saturated heterocycles. The Balaban J connectivity index is 2.46. The number of nitrogens with one attached hydrogen (secondary N) is 1. The van der Waals surface area contributed by atoms with E-state index >= 15 is 0 Å².